The summed E-state index contributed by atoms with van der Waals surface area (Å²) in [5.74, 6) is 0.716. The minimum Gasteiger partial charge on any atom is -0.370 e. The van der Waals surface area contributed by atoms with Crippen LogP contribution >= 0.6 is 0 Å². The fraction of sp³-hybridized carbons (Fsp3) is 0.600. The third kappa shape index (κ3) is 2.68. The van der Waals surface area contributed by atoms with Crippen LogP contribution in [0.25, 0.3) is 0 Å². The molecule has 3 nitrogen and oxygen atoms in total. The van der Waals surface area contributed by atoms with Crippen LogP contribution in [0.3, 0.4) is 0 Å². The first kappa shape index (κ1) is 13.4. The van der Waals surface area contributed by atoms with Gasteiger partial charge in [-0.25, -0.2) is 0 Å². The second kappa shape index (κ2) is 5.29. The van der Waals surface area contributed by atoms with E-state index < -0.39 is 0 Å². The third-order valence-corrected chi connectivity index (χ3v) is 4.02. The summed E-state index contributed by atoms with van der Waals surface area (Å²) in [6.45, 7) is 6.61. The molecule has 1 saturated heterocycles. The summed E-state index contributed by atoms with van der Waals surface area (Å²) >= 11 is 0. The second-order valence-corrected chi connectivity index (χ2v) is 5.79. The van der Waals surface area contributed by atoms with Crippen molar-refractivity contribution in [3.05, 3.63) is 29.8 Å². The van der Waals surface area contributed by atoms with Gasteiger partial charge in [0.05, 0.1) is 0 Å². The van der Waals surface area contributed by atoms with Crippen molar-refractivity contribution in [2.24, 2.45) is 11.7 Å². The first-order valence-corrected chi connectivity index (χ1v) is 6.76. The summed E-state index contributed by atoms with van der Waals surface area (Å²) in [6, 6.07) is 9.46. The number of benzene rings is 1. The van der Waals surface area contributed by atoms with Crippen LogP contribution in [-0.2, 0) is 0 Å². The summed E-state index contributed by atoms with van der Waals surface area (Å²) in [7, 11) is 4.34. The van der Waals surface area contributed by atoms with Gasteiger partial charge in [0.25, 0.3) is 0 Å². The largest absolute Gasteiger partial charge is 0.370 e. The lowest BCUT2D eigenvalue weighted by molar-refractivity contribution is 0.266. The topological polar surface area (TPSA) is 32.5 Å². The highest BCUT2D eigenvalue weighted by atomic mass is 15.2. The van der Waals surface area contributed by atoms with Gasteiger partial charge < -0.3 is 15.5 Å². The predicted octanol–water partition coefficient (Wildman–Crippen LogP) is 2.09. The second-order valence-electron chi connectivity index (χ2n) is 5.79. The Balaban J connectivity index is 2.09. The molecule has 0 aliphatic carbocycles. The molecule has 1 aromatic carbocycles. The molecular weight excluding hydrogens is 222 g/mol. The van der Waals surface area contributed by atoms with Crippen molar-refractivity contribution < 1.29 is 0 Å². The molecule has 0 bridgehead atoms. The van der Waals surface area contributed by atoms with E-state index in [0.29, 0.717) is 12.0 Å². The van der Waals surface area contributed by atoms with Crippen molar-refractivity contribution in [3.8, 4) is 0 Å². The van der Waals surface area contributed by atoms with Crippen LogP contribution in [0.2, 0.25) is 0 Å². The van der Waals surface area contributed by atoms with Crippen LogP contribution in [0, 0.1) is 5.92 Å². The maximum absolute atomic E-state index is 5.88. The maximum Gasteiger partial charge on any atom is 0.0367 e. The highest BCUT2D eigenvalue weighted by molar-refractivity contribution is 5.49. The van der Waals surface area contributed by atoms with Crippen LogP contribution < -0.4 is 10.6 Å². The van der Waals surface area contributed by atoms with Gasteiger partial charge in [0, 0.05) is 30.9 Å². The van der Waals surface area contributed by atoms with Gasteiger partial charge in [0.15, 0.2) is 0 Å². The molecule has 0 aromatic heterocycles. The summed E-state index contributed by atoms with van der Waals surface area (Å²) in [5, 5.41) is 0. The third-order valence-electron chi connectivity index (χ3n) is 4.02. The normalized spacial score (nSPS) is 25.8. The van der Waals surface area contributed by atoms with Gasteiger partial charge in [-0.3, -0.25) is 0 Å². The number of hydrogen-bond acceptors (Lipinski definition) is 3. The number of anilines is 1. The zero-order valence-corrected chi connectivity index (χ0v) is 11.9. The molecule has 18 heavy (non-hydrogen) atoms. The first-order valence-electron chi connectivity index (χ1n) is 6.76. The zero-order chi connectivity index (χ0) is 13.3. The van der Waals surface area contributed by atoms with Crippen LogP contribution in [-0.4, -0.2) is 38.1 Å². The lowest BCUT2D eigenvalue weighted by Crippen LogP contribution is -2.34. The average Bonchev–Trinajstić information content (AvgIpc) is 2.71. The molecule has 0 amide bonds. The van der Waals surface area contributed by atoms with Crippen molar-refractivity contribution in [2.75, 3.05) is 32.1 Å². The molecule has 1 fully saturated rings. The van der Waals surface area contributed by atoms with Crippen molar-refractivity contribution >= 4 is 5.69 Å². The highest BCUT2D eigenvalue weighted by Gasteiger charge is 2.30. The van der Waals surface area contributed by atoms with Crippen molar-refractivity contribution in [1.82, 2.24) is 4.90 Å². The van der Waals surface area contributed by atoms with E-state index in [1.165, 1.54) is 11.3 Å². The standard InChI is InChI=1S/C15H25N3/c1-11-9-18(10-15(11)17(3)4)14-7-5-13(6-8-14)12(2)16/h5-8,11-12,15H,9-10,16H2,1-4H3/t11?,12-,15?/m0/s1. The number of nitrogens with zero attached hydrogens (tertiary/aromatic N) is 2. The molecule has 100 valence electrons. The summed E-state index contributed by atoms with van der Waals surface area (Å²) in [5.41, 5.74) is 8.40. The van der Waals surface area contributed by atoms with Gasteiger partial charge in [-0.1, -0.05) is 19.1 Å². The monoisotopic (exact) mass is 247 g/mol. The highest BCUT2D eigenvalue weighted by Crippen LogP contribution is 2.26. The summed E-state index contributed by atoms with van der Waals surface area (Å²) in [4.78, 5) is 4.81. The van der Waals surface area contributed by atoms with E-state index in [4.69, 9.17) is 5.73 Å². The van der Waals surface area contributed by atoms with E-state index in [-0.39, 0.29) is 6.04 Å². The van der Waals surface area contributed by atoms with E-state index in [2.05, 4.69) is 55.1 Å². The van der Waals surface area contributed by atoms with Gasteiger partial charge in [-0.2, -0.15) is 0 Å². The van der Waals surface area contributed by atoms with Crippen molar-refractivity contribution in [2.45, 2.75) is 25.9 Å². The molecule has 0 radical (unpaired) electrons. The Bertz CT molecular complexity index is 383. The molecule has 2 rings (SSSR count). The molecule has 1 heterocycles. The van der Waals surface area contributed by atoms with Crippen LogP contribution in [0.15, 0.2) is 24.3 Å². The Morgan fingerprint density at radius 1 is 1.22 bits per heavy atom. The van der Waals surface area contributed by atoms with Crippen LogP contribution in [0.5, 0.6) is 0 Å². The lowest BCUT2D eigenvalue weighted by Gasteiger charge is -2.23. The Labute approximate surface area is 111 Å². The van der Waals surface area contributed by atoms with Crippen molar-refractivity contribution in [3.63, 3.8) is 0 Å². The molecular formula is C15H25N3. The Morgan fingerprint density at radius 3 is 2.28 bits per heavy atom. The van der Waals surface area contributed by atoms with E-state index in [1.807, 2.05) is 6.92 Å². The smallest absolute Gasteiger partial charge is 0.0367 e. The maximum atomic E-state index is 5.88. The molecule has 0 saturated carbocycles. The molecule has 1 aliphatic rings. The SMILES string of the molecule is CC1CN(c2ccc([C@H](C)N)cc2)CC1N(C)C. The molecule has 2 N–H and O–H groups in total. The van der Waals surface area contributed by atoms with Crippen molar-refractivity contribution in [1.29, 1.82) is 0 Å². The first-order chi connectivity index (χ1) is 8.49. The molecule has 3 atom stereocenters. The van der Waals surface area contributed by atoms with Gasteiger partial charge in [0.2, 0.25) is 0 Å². The fourth-order valence-corrected chi connectivity index (χ4v) is 2.82. The Morgan fingerprint density at radius 2 is 1.83 bits per heavy atom. The predicted molar refractivity (Wildman–Crippen MR) is 77.9 cm³/mol. The van der Waals surface area contributed by atoms with Gasteiger partial charge >= 0.3 is 0 Å². The summed E-state index contributed by atoms with van der Waals surface area (Å²) < 4.78 is 0. The van der Waals surface area contributed by atoms with Gasteiger partial charge in [-0.05, 0) is 44.6 Å². The summed E-state index contributed by atoms with van der Waals surface area (Å²) in [6.07, 6.45) is 0. The van der Waals surface area contributed by atoms with E-state index in [0.717, 1.165) is 13.1 Å². The van der Waals surface area contributed by atoms with E-state index in [1.54, 1.807) is 0 Å². The number of hydrogen-bond donors (Lipinski definition) is 1. The zero-order valence-electron chi connectivity index (χ0n) is 11.9. The minimum atomic E-state index is 0.117. The molecule has 1 aliphatic heterocycles. The fourth-order valence-electron chi connectivity index (χ4n) is 2.82. The molecule has 2 unspecified atom stereocenters. The Kier molecular flexibility index (Phi) is 3.93. The number of nitrogens with two attached hydrogens (primary N) is 1. The molecule has 3 heteroatoms. The van der Waals surface area contributed by atoms with Gasteiger partial charge in [-0.15, -0.1) is 0 Å². The Hall–Kier alpha value is -1.06. The number of rotatable bonds is 3. The lowest BCUT2D eigenvalue weighted by atomic mass is 10.1. The minimum absolute atomic E-state index is 0.117. The average molecular weight is 247 g/mol. The molecule has 0 spiro atoms. The van der Waals surface area contributed by atoms with E-state index in [9.17, 15) is 0 Å². The van der Waals surface area contributed by atoms with Crippen LogP contribution in [0.1, 0.15) is 25.5 Å². The van der Waals surface area contributed by atoms with Gasteiger partial charge in [0.1, 0.15) is 0 Å². The van der Waals surface area contributed by atoms with Crippen LogP contribution in [0.4, 0.5) is 5.69 Å². The number of likely N-dealkylation sites (N-methyl/N-ethyl adjacent to an activating group) is 1. The molecule has 1 aromatic rings. The quantitative estimate of drug-likeness (QED) is 0.888. The van der Waals surface area contributed by atoms with E-state index >= 15 is 0 Å².